The molecule has 0 bridgehead atoms. The molecule has 136 valence electrons. The Morgan fingerprint density at radius 3 is 2.65 bits per heavy atom. The zero-order valence-electron chi connectivity index (χ0n) is 14.6. The Kier molecular flexibility index (Phi) is 5.26. The summed E-state index contributed by atoms with van der Waals surface area (Å²) < 4.78 is 15.9. The molecule has 3 rings (SSSR count). The molecule has 0 radical (unpaired) electrons. The zero-order valence-corrected chi connectivity index (χ0v) is 14.6. The van der Waals surface area contributed by atoms with Crippen molar-refractivity contribution in [2.45, 2.75) is 26.5 Å². The average Bonchev–Trinajstić information content (AvgIpc) is 3.13. The predicted octanol–water partition coefficient (Wildman–Crippen LogP) is 3.05. The normalized spacial score (nSPS) is 16.7. The number of nitrogens with one attached hydrogen (secondary N) is 2. The summed E-state index contributed by atoms with van der Waals surface area (Å²) in [5, 5.41) is 5.38. The minimum atomic E-state index is -0.608. The number of rotatable bonds is 6. The lowest BCUT2D eigenvalue weighted by atomic mass is 9.95. The fourth-order valence-corrected chi connectivity index (χ4v) is 2.75. The highest BCUT2D eigenvalue weighted by atomic mass is 16.5. The van der Waals surface area contributed by atoms with Crippen LogP contribution in [0.3, 0.4) is 0 Å². The van der Waals surface area contributed by atoms with Crippen molar-refractivity contribution in [2.24, 2.45) is 0 Å². The van der Waals surface area contributed by atoms with Gasteiger partial charge in [-0.15, -0.1) is 0 Å². The van der Waals surface area contributed by atoms with E-state index in [9.17, 15) is 9.59 Å². The van der Waals surface area contributed by atoms with E-state index in [-0.39, 0.29) is 12.6 Å². The first-order valence-corrected chi connectivity index (χ1v) is 8.29. The van der Waals surface area contributed by atoms with Crippen LogP contribution in [0.4, 0.5) is 4.79 Å². The number of benzene rings is 1. The lowest BCUT2D eigenvalue weighted by Gasteiger charge is -2.28. The van der Waals surface area contributed by atoms with Crippen LogP contribution in [0.5, 0.6) is 5.75 Å². The molecule has 0 saturated heterocycles. The van der Waals surface area contributed by atoms with Crippen molar-refractivity contribution in [3.8, 4) is 5.75 Å². The monoisotopic (exact) mass is 356 g/mol. The minimum Gasteiger partial charge on any atom is -0.494 e. The quantitative estimate of drug-likeness (QED) is 0.777. The first-order valence-electron chi connectivity index (χ1n) is 8.29. The highest BCUT2D eigenvalue weighted by molar-refractivity contribution is 5.95. The molecular formula is C19H20N2O5. The van der Waals surface area contributed by atoms with Crippen LogP contribution >= 0.6 is 0 Å². The fourth-order valence-electron chi connectivity index (χ4n) is 2.75. The van der Waals surface area contributed by atoms with Crippen LogP contribution in [0.2, 0.25) is 0 Å². The van der Waals surface area contributed by atoms with E-state index in [1.54, 1.807) is 31.2 Å². The Labute approximate surface area is 151 Å². The third-order valence-electron chi connectivity index (χ3n) is 3.94. The summed E-state index contributed by atoms with van der Waals surface area (Å²) in [6.45, 7) is 4.16. The van der Waals surface area contributed by atoms with Crippen LogP contribution in [0.15, 0.2) is 58.3 Å². The number of carbonyl (C=O) groups excluding carboxylic acids is 2. The SMILES string of the molecule is CCOc1ccc([C@@H]2NC(=O)NC(C)=C2C(=O)OCc2ccco2)cc1. The second kappa shape index (κ2) is 7.77. The van der Waals surface area contributed by atoms with Crippen LogP contribution < -0.4 is 15.4 Å². The van der Waals surface area contributed by atoms with Gasteiger partial charge < -0.3 is 24.5 Å². The molecule has 2 heterocycles. The van der Waals surface area contributed by atoms with Crippen LogP contribution in [0, 0.1) is 0 Å². The van der Waals surface area contributed by atoms with Gasteiger partial charge in [-0.1, -0.05) is 12.1 Å². The van der Waals surface area contributed by atoms with E-state index in [4.69, 9.17) is 13.9 Å². The highest BCUT2D eigenvalue weighted by Crippen LogP contribution is 2.29. The van der Waals surface area contributed by atoms with Crippen LogP contribution in [0.1, 0.15) is 31.2 Å². The maximum absolute atomic E-state index is 12.6. The number of amides is 2. The smallest absolute Gasteiger partial charge is 0.338 e. The molecule has 1 aromatic heterocycles. The lowest BCUT2D eigenvalue weighted by Crippen LogP contribution is -2.45. The van der Waals surface area contributed by atoms with Crippen LogP contribution in [0.25, 0.3) is 0 Å². The maximum atomic E-state index is 12.6. The molecule has 7 nitrogen and oxygen atoms in total. The van der Waals surface area contributed by atoms with Gasteiger partial charge in [0.15, 0.2) is 0 Å². The molecule has 1 atom stereocenters. The molecule has 2 N–H and O–H groups in total. The summed E-state index contributed by atoms with van der Waals surface area (Å²) >= 11 is 0. The van der Waals surface area contributed by atoms with Gasteiger partial charge in [0.05, 0.1) is 24.5 Å². The standard InChI is InChI=1S/C19H20N2O5/c1-3-24-14-8-6-13(7-9-14)17-16(12(2)20-19(23)21-17)18(22)26-11-15-5-4-10-25-15/h4-10,17H,3,11H2,1-2H3,(H2,20,21,23)/t17-/m0/s1. The van der Waals surface area contributed by atoms with Crippen molar-refractivity contribution < 1.29 is 23.5 Å². The molecule has 0 aliphatic carbocycles. The lowest BCUT2D eigenvalue weighted by molar-refractivity contribution is -0.141. The van der Waals surface area contributed by atoms with E-state index >= 15 is 0 Å². The van der Waals surface area contributed by atoms with Gasteiger partial charge in [0, 0.05) is 5.70 Å². The molecule has 1 aromatic carbocycles. The molecule has 0 saturated carbocycles. The van der Waals surface area contributed by atoms with Gasteiger partial charge >= 0.3 is 12.0 Å². The first kappa shape index (κ1) is 17.6. The number of ether oxygens (including phenoxy) is 2. The van der Waals surface area contributed by atoms with E-state index in [0.29, 0.717) is 23.6 Å². The molecule has 2 aromatic rings. The molecule has 0 unspecified atom stereocenters. The third kappa shape index (κ3) is 3.88. The van der Waals surface area contributed by atoms with Crippen LogP contribution in [-0.2, 0) is 16.1 Å². The predicted molar refractivity (Wildman–Crippen MR) is 93.2 cm³/mol. The summed E-state index contributed by atoms with van der Waals surface area (Å²) in [5.74, 6) is 0.742. The molecule has 0 spiro atoms. The van der Waals surface area contributed by atoms with E-state index < -0.39 is 12.0 Å². The minimum absolute atomic E-state index is 0.0204. The van der Waals surface area contributed by atoms with E-state index in [0.717, 1.165) is 11.3 Å². The van der Waals surface area contributed by atoms with Crippen molar-refractivity contribution >= 4 is 12.0 Å². The molecular weight excluding hydrogens is 336 g/mol. The summed E-state index contributed by atoms with van der Waals surface area (Å²) in [5.41, 5.74) is 1.56. The summed E-state index contributed by atoms with van der Waals surface area (Å²) in [6.07, 6.45) is 1.51. The number of hydrogen-bond acceptors (Lipinski definition) is 5. The second-order valence-electron chi connectivity index (χ2n) is 5.73. The Balaban J connectivity index is 1.82. The van der Waals surface area contributed by atoms with Crippen LogP contribution in [-0.4, -0.2) is 18.6 Å². The zero-order chi connectivity index (χ0) is 18.5. The van der Waals surface area contributed by atoms with Crippen molar-refractivity contribution in [2.75, 3.05) is 6.61 Å². The van der Waals surface area contributed by atoms with Crippen molar-refractivity contribution in [3.63, 3.8) is 0 Å². The first-order chi connectivity index (χ1) is 12.6. The molecule has 26 heavy (non-hydrogen) atoms. The van der Waals surface area contributed by atoms with Gasteiger partial charge in [-0.25, -0.2) is 9.59 Å². The largest absolute Gasteiger partial charge is 0.494 e. The van der Waals surface area contributed by atoms with E-state index in [2.05, 4.69) is 10.6 Å². The van der Waals surface area contributed by atoms with Gasteiger partial charge in [-0.3, -0.25) is 0 Å². The van der Waals surface area contributed by atoms with Gasteiger partial charge in [0.1, 0.15) is 18.1 Å². The van der Waals surface area contributed by atoms with Crippen molar-refractivity contribution in [1.29, 1.82) is 0 Å². The number of furan rings is 1. The molecule has 2 amide bonds. The number of carbonyl (C=O) groups is 2. The van der Waals surface area contributed by atoms with E-state index in [1.807, 2.05) is 19.1 Å². The van der Waals surface area contributed by atoms with Crippen molar-refractivity contribution in [1.82, 2.24) is 10.6 Å². The Hall–Kier alpha value is -3.22. The van der Waals surface area contributed by atoms with E-state index in [1.165, 1.54) is 6.26 Å². The van der Waals surface area contributed by atoms with Gasteiger partial charge in [0.25, 0.3) is 0 Å². The molecule has 1 aliphatic heterocycles. The highest BCUT2D eigenvalue weighted by Gasteiger charge is 2.32. The maximum Gasteiger partial charge on any atom is 0.338 e. The third-order valence-corrected chi connectivity index (χ3v) is 3.94. The Morgan fingerprint density at radius 2 is 2.00 bits per heavy atom. The van der Waals surface area contributed by atoms with Gasteiger partial charge in [0.2, 0.25) is 0 Å². The Morgan fingerprint density at radius 1 is 1.23 bits per heavy atom. The number of hydrogen-bond donors (Lipinski definition) is 2. The number of esters is 1. The topological polar surface area (TPSA) is 89.8 Å². The number of allylic oxidation sites excluding steroid dienone is 1. The summed E-state index contributed by atoms with van der Waals surface area (Å²) in [6, 6.07) is 9.69. The second-order valence-corrected chi connectivity index (χ2v) is 5.73. The summed E-state index contributed by atoms with van der Waals surface area (Å²) in [7, 11) is 0. The van der Waals surface area contributed by atoms with Gasteiger partial charge in [-0.05, 0) is 43.7 Å². The van der Waals surface area contributed by atoms with Crippen molar-refractivity contribution in [3.05, 3.63) is 65.3 Å². The average molecular weight is 356 g/mol. The van der Waals surface area contributed by atoms with Gasteiger partial charge in [-0.2, -0.15) is 0 Å². The molecule has 0 fully saturated rings. The molecule has 7 heteroatoms. The summed E-state index contributed by atoms with van der Waals surface area (Å²) in [4.78, 5) is 24.5. The fraction of sp³-hybridized carbons (Fsp3) is 0.263. The Bertz CT molecular complexity index is 809. The number of urea groups is 1. The molecule has 1 aliphatic rings.